The van der Waals surface area contributed by atoms with Crippen molar-refractivity contribution in [3.63, 3.8) is 0 Å². The highest BCUT2D eigenvalue weighted by atomic mass is 19.1. The lowest BCUT2D eigenvalue weighted by atomic mass is 9.87. The topological polar surface area (TPSA) is 17.1 Å². The number of ketones is 1. The molecule has 1 fully saturated rings. The molecule has 1 saturated carbocycles. The number of hydrogen-bond acceptors (Lipinski definition) is 1. The average Bonchev–Trinajstić information content (AvgIpc) is 2.45. The molecular formula is C8H13FO. The van der Waals surface area contributed by atoms with Crippen LogP contribution >= 0.6 is 0 Å². The largest absolute Gasteiger partial charge is 0.295 e. The van der Waals surface area contributed by atoms with Crippen LogP contribution in [0.15, 0.2) is 0 Å². The molecule has 58 valence electrons. The first-order valence-corrected chi connectivity index (χ1v) is 3.60. The third-order valence-electron chi connectivity index (χ3n) is 1.78. The van der Waals surface area contributed by atoms with Gasteiger partial charge in [-0.2, -0.15) is 0 Å². The Morgan fingerprint density at radius 2 is 1.80 bits per heavy atom. The summed E-state index contributed by atoms with van der Waals surface area (Å²) in [6, 6.07) is 0. The fourth-order valence-electron chi connectivity index (χ4n) is 1.01. The van der Waals surface area contributed by atoms with Crippen LogP contribution in [0, 0.1) is 5.41 Å². The molecule has 2 heteroatoms. The summed E-state index contributed by atoms with van der Waals surface area (Å²) in [7, 11) is 0. The molecule has 1 nitrogen and oxygen atoms in total. The number of carbonyl (C=O) groups excluding carboxylic acids is 1. The van der Waals surface area contributed by atoms with Crippen molar-refractivity contribution in [2.24, 2.45) is 5.41 Å². The van der Waals surface area contributed by atoms with Crippen molar-refractivity contribution in [3.8, 4) is 0 Å². The quantitative estimate of drug-likeness (QED) is 0.550. The zero-order valence-corrected chi connectivity index (χ0v) is 6.70. The second-order valence-electron chi connectivity index (χ2n) is 4.04. The molecule has 0 aromatic rings. The van der Waals surface area contributed by atoms with Crippen molar-refractivity contribution >= 4 is 5.78 Å². The second kappa shape index (κ2) is 1.80. The van der Waals surface area contributed by atoms with E-state index < -0.39 is 11.1 Å². The monoisotopic (exact) mass is 144 g/mol. The summed E-state index contributed by atoms with van der Waals surface area (Å²) >= 11 is 0. The zero-order chi connectivity index (χ0) is 7.99. The lowest BCUT2D eigenvalue weighted by Gasteiger charge is -2.18. The summed E-state index contributed by atoms with van der Waals surface area (Å²) in [5, 5.41) is 0. The minimum atomic E-state index is -1.45. The van der Waals surface area contributed by atoms with Gasteiger partial charge < -0.3 is 0 Å². The van der Waals surface area contributed by atoms with Crippen LogP contribution in [-0.2, 0) is 4.79 Å². The highest BCUT2D eigenvalue weighted by Gasteiger charge is 2.53. The van der Waals surface area contributed by atoms with Gasteiger partial charge in [-0.3, -0.25) is 4.79 Å². The molecule has 0 N–H and O–H groups in total. The van der Waals surface area contributed by atoms with E-state index in [0.717, 1.165) is 0 Å². The number of alkyl halides is 1. The van der Waals surface area contributed by atoms with Crippen LogP contribution in [0.5, 0.6) is 0 Å². The lowest BCUT2D eigenvalue weighted by Crippen LogP contribution is -2.30. The smallest absolute Gasteiger partial charge is 0.175 e. The van der Waals surface area contributed by atoms with Gasteiger partial charge in [-0.25, -0.2) is 4.39 Å². The number of hydrogen-bond donors (Lipinski definition) is 0. The van der Waals surface area contributed by atoms with Gasteiger partial charge >= 0.3 is 0 Å². The third kappa shape index (κ3) is 1.20. The van der Waals surface area contributed by atoms with Gasteiger partial charge in [0.15, 0.2) is 11.5 Å². The lowest BCUT2D eigenvalue weighted by molar-refractivity contribution is -0.132. The summed E-state index contributed by atoms with van der Waals surface area (Å²) in [5.41, 5.74) is -1.95. The van der Waals surface area contributed by atoms with Crippen LogP contribution in [0.3, 0.4) is 0 Å². The van der Waals surface area contributed by atoms with Gasteiger partial charge in [0.2, 0.25) is 0 Å². The van der Waals surface area contributed by atoms with Crippen molar-refractivity contribution in [1.82, 2.24) is 0 Å². The Bertz CT molecular complexity index is 155. The van der Waals surface area contributed by atoms with Gasteiger partial charge in [0.05, 0.1) is 0 Å². The maximum absolute atomic E-state index is 13.0. The van der Waals surface area contributed by atoms with Crippen LogP contribution in [0.25, 0.3) is 0 Å². The van der Waals surface area contributed by atoms with E-state index in [1.807, 2.05) is 0 Å². The Kier molecular flexibility index (Phi) is 1.39. The molecule has 0 heterocycles. The molecule has 0 bridgehead atoms. The molecule has 0 unspecified atom stereocenters. The summed E-state index contributed by atoms with van der Waals surface area (Å²) in [4.78, 5) is 11.2. The molecule has 1 aliphatic rings. The summed E-state index contributed by atoms with van der Waals surface area (Å²) in [6.45, 7) is 5.28. The fraction of sp³-hybridized carbons (Fsp3) is 0.875. The van der Waals surface area contributed by atoms with Crippen LogP contribution in [0.4, 0.5) is 4.39 Å². The van der Waals surface area contributed by atoms with Crippen molar-refractivity contribution in [2.45, 2.75) is 39.3 Å². The maximum atomic E-state index is 13.0. The zero-order valence-electron chi connectivity index (χ0n) is 6.70. The van der Waals surface area contributed by atoms with Gasteiger partial charge in [0, 0.05) is 5.41 Å². The number of carbonyl (C=O) groups is 1. The highest BCUT2D eigenvalue weighted by molar-refractivity contribution is 5.94. The summed E-state index contributed by atoms with van der Waals surface area (Å²) < 4.78 is 13.0. The Morgan fingerprint density at radius 1 is 1.40 bits per heavy atom. The highest BCUT2D eigenvalue weighted by Crippen LogP contribution is 2.44. The van der Waals surface area contributed by atoms with Crippen LogP contribution in [-0.4, -0.2) is 11.5 Å². The number of rotatable bonds is 1. The molecule has 1 aliphatic carbocycles. The Labute approximate surface area is 60.6 Å². The normalized spacial score (nSPS) is 22.4. The minimum Gasteiger partial charge on any atom is -0.295 e. The standard InChI is InChI=1S/C8H13FO/c1-7(2,3)6(10)8(9)4-5-8/h4-5H2,1-3H3. The average molecular weight is 144 g/mol. The molecule has 1 rings (SSSR count). The third-order valence-corrected chi connectivity index (χ3v) is 1.78. The van der Waals surface area contributed by atoms with E-state index in [0.29, 0.717) is 12.8 Å². The predicted octanol–water partition coefficient (Wildman–Crippen LogP) is 2.10. The molecule has 0 amide bonds. The fourth-order valence-corrected chi connectivity index (χ4v) is 1.01. The summed E-state index contributed by atoms with van der Waals surface area (Å²) in [5.74, 6) is -0.236. The van der Waals surface area contributed by atoms with Gasteiger partial charge in [-0.15, -0.1) is 0 Å². The van der Waals surface area contributed by atoms with Crippen LogP contribution < -0.4 is 0 Å². The van der Waals surface area contributed by atoms with Crippen LogP contribution in [0.2, 0.25) is 0 Å². The van der Waals surface area contributed by atoms with Crippen LogP contribution in [0.1, 0.15) is 33.6 Å². The van der Waals surface area contributed by atoms with E-state index in [4.69, 9.17) is 0 Å². The van der Waals surface area contributed by atoms with E-state index in [-0.39, 0.29) is 5.78 Å². The Hall–Kier alpha value is -0.400. The summed E-state index contributed by atoms with van der Waals surface area (Å²) in [6.07, 6.45) is 0.867. The van der Waals surface area contributed by atoms with E-state index >= 15 is 0 Å². The first kappa shape index (κ1) is 7.70. The maximum Gasteiger partial charge on any atom is 0.175 e. The van der Waals surface area contributed by atoms with Gasteiger partial charge in [0.25, 0.3) is 0 Å². The van der Waals surface area contributed by atoms with E-state index in [2.05, 4.69) is 0 Å². The van der Waals surface area contributed by atoms with E-state index in [1.54, 1.807) is 20.8 Å². The Morgan fingerprint density at radius 3 is 1.90 bits per heavy atom. The minimum absolute atomic E-state index is 0.236. The van der Waals surface area contributed by atoms with Gasteiger partial charge in [-0.05, 0) is 12.8 Å². The van der Waals surface area contributed by atoms with Gasteiger partial charge in [-0.1, -0.05) is 20.8 Å². The van der Waals surface area contributed by atoms with Crippen molar-refractivity contribution < 1.29 is 9.18 Å². The molecular weight excluding hydrogens is 131 g/mol. The van der Waals surface area contributed by atoms with E-state index in [1.165, 1.54) is 0 Å². The molecule has 0 aliphatic heterocycles. The SMILES string of the molecule is CC(C)(C)C(=O)C1(F)CC1. The molecule has 10 heavy (non-hydrogen) atoms. The number of Topliss-reactive ketones (excluding diaryl/α,β-unsaturated/α-hetero) is 1. The molecule has 0 atom stereocenters. The van der Waals surface area contributed by atoms with E-state index in [9.17, 15) is 9.18 Å². The molecule has 0 aromatic heterocycles. The van der Waals surface area contributed by atoms with Gasteiger partial charge in [0.1, 0.15) is 0 Å². The van der Waals surface area contributed by atoms with Crippen molar-refractivity contribution in [2.75, 3.05) is 0 Å². The molecule has 0 saturated heterocycles. The van der Waals surface area contributed by atoms with Crippen molar-refractivity contribution in [3.05, 3.63) is 0 Å². The molecule has 0 spiro atoms. The molecule has 0 aromatic carbocycles. The Balaban J connectivity index is 2.67. The molecule has 0 radical (unpaired) electrons. The second-order valence-corrected chi connectivity index (χ2v) is 4.04. The predicted molar refractivity (Wildman–Crippen MR) is 37.5 cm³/mol. The first-order valence-electron chi connectivity index (χ1n) is 3.60. The number of halogens is 1. The first-order chi connectivity index (χ1) is 4.36. The van der Waals surface area contributed by atoms with Crippen molar-refractivity contribution in [1.29, 1.82) is 0 Å².